The van der Waals surface area contributed by atoms with Crippen LogP contribution in [-0.4, -0.2) is 12.9 Å². The molecule has 0 saturated heterocycles. The molecule has 0 amide bonds. The van der Waals surface area contributed by atoms with E-state index < -0.39 is 11.6 Å². The zero-order valence-corrected chi connectivity index (χ0v) is 12.6. The molecule has 0 atom stereocenters. The van der Waals surface area contributed by atoms with Crippen molar-refractivity contribution in [1.29, 1.82) is 0 Å². The highest BCUT2D eigenvalue weighted by atomic mass is 79.9. The zero-order valence-electron chi connectivity index (χ0n) is 11.0. The van der Waals surface area contributed by atoms with Crippen molar-refractivity contribution >= 4 is 32.7 Å². The maximum atomic E-state index is 13.4. The van der Waals surface area contributed by atoms with Gasteiger partial charge in [0.15, 0.2) is 5.76 Å². The van der Waals surface area contributed by atoms with Gasteiger partial charge in [-0.05, 0) is 46.3 Å². The summed E-state index contributed by atoms with van der Waals surface area (Å²) in [5, 5.41) is 0.795. The Balaban J connectivity index is 2.12. The van der Waals surface area contributed by atoms with Gasteiger partial charge < -0.3 is 9.15 Å². The lowest BCUT2D eigenvalue weighted by Gasteiger charge is -2.05. The largest absolute Gasteiger partial charge is 0.496 e. The summed E-state index contributed by atoms with van der Waals surface area (Å²) in [5.41, 5.74) is 0.712. The molecule has 5 heteroatoms. The first-order valence-electron chi connectivity index (χ1n) is 6.16. The molecule has 1 heterocycles. The summed E-state index contributed by atoms with van der Waals surface area (Å²) in [6.45, 7) is 0. The normalized spacial score (nSPS) is 10.8. The van der Waals surface area contributed by atoms with Gasteiger partial charge in [-0.3, -0.25) is 4.79 Å². The van der Waals surface area contributed by atoms with Gasteiger partial charge >= 0.3 is 0 Å². The van der Waals surface area contributed by atoms with Gasteiger partial charge in [0, 0.05) is 5.39 Å². The third-order valence-corrected chi connectivity index (χ3v) is 3.75. The van der Waals surface area contributed by atoms with Crippen LogP contribution in [0.3, 0.4) is 0 Å². The number of hydrogen-bond acceptors (Lipinski definition) is 3. The van der Waals surface area contributed by atoms with E-state index in [0.717, 1.165) is 15.9 Å². The Morgan fingerprint density at radius 2 is 2.05 bits per heavy atom. The van der Waals surface area contributed by atoms with Gasteiger partial charge in [-0.25, -0.2) is 4.39 Å². The van der Waals surface area contributed by atoms with E-state index in [1.807, 2.05) is 18.2 Å². The average molecular weight is 349 g/mol. The summed E-state index contributed by atoms with van der Waals surface area (Å²) in [7, 11) is 1.43. The Morgan fingerprint density at radius 1 is 1.24 bits per heavy atom. The first kappa shape index (κ1) is 13.8. The topological polar surface area (TPSA) is 39.4 Å². The number of rotatable bonds is 3. The number of fused-ring (bicyclic) bond motifs is 1. The molecule has 3 aromatic rings. The first-order chi connectivity index (χ1) is 10.1. The Morgan fingerprint density at radius 3 is 2.76 bits per heavy atom. The first-order valence-corrected chi connectivity index (χ1v) is 6.96. The average Bonchev–Trinajstić information content (AvgIpc) is 2.92. The van der Waals surface area contributed by atoms with Crippen LogP contribution in [0.1, 0.15) is 16.1 Å². The van der Waals surface area contributed by atoms with E-state index in [4.69, 9.17) is 9.15 Å². The highest BCUT2D eigenvalue weighted by Gasteiger charge is 2.20. The van der Waals surface area contributed by atoms with Crippen LogP contribution in [0.15, 0.2) is 51.4 Å². The summed E-state index contributed by atoms with van der Waals surface area (Å²) in [6, 6.07) is 10.9. The fourth-order valence-electron chi connectivity index (χ4n) is 2.13. The highest BCUT2D eigenvalue weighted by molar-refractivity contribution is 9.10. The van der Waals surface area contributed by atoms with E-state index in [2.05, 4.69) is 15.9 Å². The maximum absolute atomic E-state index is 13.4. The molecule has 0 N–H and O–H groups in total. The number of benzene rings is 2. The van der Waals surface area contributed by atoms with Crippen LogP contribution in [0, 0.1) is 5.82 Å². The molecule has 0 aliphatic rings. The van der Waals surface area contributed by atoms with Gasteiger partial charge in [0.25, 0.3) is 0 Å². The van der Waals surface area contributed by atoms with Crippen molar-refractivity contribution in [2.24, 2.45) is 0 Å². The molecule has 0 saturated carbocycles. The molecule has 1 aromatic heterocycles. The fraction of sp³-hybridized carbons (Fsp3) is 0.0625. The van der Waals surface area contributed by atoms with E-state index in [9.17, 15) is 9.18 Å². The van der Waals surface area contributed by atoms with Crippen molar-refractivity contribution in [3.63, 3.8) is 0 Å². The smallest absolute Gasteiger partial charge is 0.232 e. The van der Waals surface area contributed by atoms with Gasteiger partial charge in [0.05, 0.1) is 17.1 Å². The molecule has 0 radical (unpaired) electrons. The second-order valence-electron chi connectivity index (χ2n) is 4.44. The number of carbonyl (C=O) groups excluding carboxylic acids is 1. The lowest BCUT2D eigenvalue weighted by Crippen LogP contribution is -2.03. The molecule has 3 nitrogen and oxygen atoms in total. The van der Waals surface area contributed by atoms with Crippen LogP contribution >= 0.6 is 15.9 Å². The number of carbonyl (C=O) groups is 1. The molecule has 3 rings (SSSR count). The number of furan rings is 1. The van der Waals surface area contributed by atoms with Crippen molar-refractivity contribution in [2.45, 2.75) is 0 Å². The van der Waals surface area contributed by atoms with Crippen LogP contribution in [0.25, 0.3) is 11.0 Å². The van der Waals surface area contributed by atoms with Gasteiger partial charge in [-0.15, -0.1) is 0 Å². The zero-order chi connectivity index (χ0) is 15.0. The van der Waals surface area contributed by atoms with E-state index in [1.165, 1.54) is 19.2 Å². The Hall–Kier alpha value is -2.14. The number of halogens is 2. The molecule has 0 aliphatic carbocycles. The molecule has 21 heavy (non-hydrogen) atoms. The Bertz CT molecular complexity index is 839. The molecule has 0 bridgehead atoms. The van der Waals surface area contributed by atoms with Crippen LogP contribution in [0.5, 0.6) is 5.75 Å². The van der Waals surface area contributed by atoms with E-state index in [0.29, 0.717) is 11.3 Å². The van der Waals surface area contributed by atoms with E-state index >= 15 is 0 Å². The Kier molecular flexibility index (Phi) is 3.51. The number of ether oxygens (including phenoxy) is 1. The molecular formula is C16H10BrFO3. The predicted molar refractivity (Wildman–Crippen MR) is 80.3 cm³/mol. The van der Waals surface area contributed by atoms with E-state index in [1.54, 1.807) is 6.07 Å². The highest BCUT2D eigenvalue weighted by Crippen LogP contribution is 2.30. The number of para-hydroxylation sites is 1. The maximum Gasteiger partial charge on any atom is 0.232 e. The molecule has 0 fully saturated rings. The van der Waals surface area contributed by atoms with Crippen LogP contribution in [0.4, 0.5) is 4.39 Å². The van der Waals surface area contributed by atoms with Crippen LogP contribution in [0.2, 0.25) is 0 Å². The van der Waals surface area contributed by atoms with Crippen LogP contribution in [-0.2, 0) is 0 Å². The van der Waals surface area contributed by atoms with Gasteiger partial charge in [0.2, 0.25) is 5.78 Å². The quantitative estimate of drug-likeness (QED) is 0.650. The van der Waals surface area contributed by atoms with Crippen molar-refractivity contribution in [1.82, 2.24) is 0 Å². The van der Waals surface area contributed by atoms with Gasteiger partial charge in [-0.1, -0.05) is 12.1 Å². The van der Waals surface area contributed by atoms with Crippen molar-refractivity contribution in [2.75, 3.05) is 7.11 Å². The van der Waals surface area contributed by atoms with Crippen molar-refractivity contribution in [3.05, 3.63) is 64.1 Å². The van der Waals surface area contributed by atoms with Gasteiger partial charge in [-0.2, -0.15) is 0 Å². The molecule has 106 valence electrons. The summed E-state index contributed by atoms with van der Waals surface area (Å²) < 4.78 is 24.8. The summed E-state index contributed by atoms with van der Waals surface area (Å²) in [4.78, 5) is 12.5. The third-order valence-electron chi connectivity index (χ3n) is 3.13. The van der Waals surface area contributed by atoms with Crippen LogP contribution < -0.4 is 4.74 Å². The number of ketones is 1. The molecule has 0 unspecified atom stereocenters. The third kappa shape index (κ3) is 2.45. The van der Waals surface area contributed by atoms with Gasteiger partial charge in [0.1, 0.15) is 17.1 Å². The summed E-state index contributed by atoms with van der Waals surface area (Å²) >= 11 is 3.37. The second kappa shape index (κ2) is 5.33. The SMILES string of the molecule is COc1ccc(F)cc1C(=O)c1cc2cccc(Br)c2o1. The molecular weight excluding hydrogens is 339 g/mol. The lowest BCUT2D eigenvalue weighted by atomic mass is 10.1. The standard InChI is InChI=1S/C16H10BrFO3/c1-20-13-6-5-10(18)8-11(13)15(19)14-7-9-3-2-4-12(17)16(9)21-14/h2-8H,1H3. The summed E-state index contributed by atoms with van der Waals surface area (Å²) in [6.07, 6.45) is 0. The van der Waals surface area contributed by atoms with Crippen molar-refractivity contribution in [3.8, 4) is 5.75 Å². The molecule has 2 aromatic carbocycles. The lowest BCUT2D eigenvalue weighted by molar-refractivity contribution is 0.101. The fourth-order valence-corrected chi connectivity index (χ4v) is 2.59. The minimum Gasteiger partial charge on any atom is -0.496 e. The van der Waals surface area contributed by atoms with Crippen molar-refractivity contribution < 1.29 is 18.3 Å². The monoisotopic (exact) mass is 348 g/mol. The second-order valence-corrected chi connectivity index (χ2v) is 5.30. The molecule has 0 spiro atoms. The number of hydrogen-bond donors (Lipinski definition) is 0. The van der Waals surface area contributed by atoms with E-state index in [-0.39, 0.29) is 11.3 Å². The summed E-state index contributed by atoms with van der Waals surface area (Å²) in [5.74, 6) is -0.479. The number of methoxy groups -OCH3 is 1. The Labute approximate surface area is 128 Å². The predicted octanol–water partition coefficient (Wildman–Crippen LogP) is 4.57. The minimum absolute atomic E-state index is 0.132. The minimum atomic E-state index is -0.503. The molecule has 0 aliphatic heterocycles.